The third-order valence-corrected chi connectivity index (χ3v) is 6.06. The molecule has 0 spiro atoms. The molecule has 1 N–H and O–H groups in total. The maximum Gasteiger partial charge on any atom is 0.257 e. The highest BCUT2D eigenvalue weighted by Gasteiger charge is 2.36. The van der Waals surface area contributed by atoms with Gasteiger partial charge in [0.2, 0.25) is 0 Å². The summed E-state index contributed by atoms with van der Waals surface area (Å²) in [5.74, 6) is 0.450. The highest BCUT2D eigenvalue weighted by Crippen LogP contribution is 2.41. The van der Waals surface area contributed by atoms with Crippen molar-refractivity contribution < 1.29 is 14.6 Å². The lowest BCUT2D eigenvalue weighted by molar-refractivity contribution is -0.134. The van der Waals surface area contributed by atoms with Crippen LogP contribution in [0.2, 0.25) is 0 Å². The van der Waals surface area contributed by atoms with Gasteiger partial charge in [0.25, 0.3) is 5.91 Å². The van der Waals surface area contributed by atoms with Crippen molar-refractivity contribution in [3.63, 3.8) is 0 Å². The molecular formula is C20H23N3O3S. The van der Waals surface area contributed by atoms with Crippen molar-refractivity contribution >= 4 is 23.0 Å². The van der Waals surface area contributed by atoms with Gasteiger partial charge < -0.3 is 9.84 Å². The zero-order chi connectivity index (χ0) is 18.8. The molecule has 7 heteroatoms. The quantitative estimate of drug-likeness (QED) is 0.858. The molecule has 1 amide bonds. The summed E-state index contributed by atoms with van der Waals surface area (Å²) < 4.78 is 5.25. The van der Waals surface area contributed by atoms with E-state index in [0.29, 0.717) is 24.3 Å². The fraction of sp³-hybridized carbons (Fsp3) is 0.400. The summed E-state index contributed by atoms with van der Waals surface area (Å²) in [7, 11) is 1.53. The lowest BCUT2D eigenvalue weighted by Gasteiger charge is -2.25. The second kappa shape index (κ2) is 7.70. The van der Waals surface area contributed by atoms with Crippen LogP contribution in [0.3, 0.4) is 0 Å². The van der Waals surface area contributed by atoms with Gasteiger partial charge in [0.15, 0.2) is 11.5 Å². The third-order valence-electron chi connectivity index (χ3n) is 5.14. The number of methoxy groups -OCH3 is 1. The minimum absolute atomic E-state index is 0.0318. The standard InChI is InChI=1S/C20H23N3O3S/c1-26-17-7-4-6-14(20(17)25)16-12-15(18-8-5-11-27-18)21-23(16)19(24)13-22-9-2-3-10-22/h4-8,11,16,25H,2-3,9-10,12-13H2,1H3/t16-/m1/s1. The molecule has 2 aromatic rings. The van der Waals surface area contributed by atoms with Crippen molar-refractivity contribution in [3.8, 4) is 11.5 Å². The molecule has 6 nitrogen and oxygen atoms in total. The highest BCUT2D eigenvalue weighted by atomic mass is 32.1. The van der Waals surface area contributed by atoms with E-state index in [1.807, 2.05) is 29.6 Å². The summed E-state index contributed by atoms with van der Waals surface area (Å²) in [5, 5.41) is 18.8. The Morgan fingerprint density at radius 1 is 1.30 bits per heavy atom. The monoisotopic (exact) mass is 385 g/mol. The fourth-order valence-corrected chi connectivity index (χ4v) is 4.47. The van der Waals surface area contributed by atoms with E-state index in [-0.39, 0.29) is 17.7 Å². The molecule has 0 saturated carbocycles. The molecule has 0 unspecified atom stereocenters. The molecule has 1 saturated heterocycles. The van der Waals surface area contributed by atoms with Gasteiger partial charge in [0.1, 0.15) is 0 Å². The molecule has 4 rings (SSSR count). The van der Waals surface area contributed by atoms with Crippen molar-refractivity contribution in [2.24, 2.45) is 5.10 Å². The summed E-state index contributed by atoms with van der Waals surface area (Å²) in [5.41, 5.74) is 1.55. The number of carbonyl (C=O) groups excluding carboxylic acids is 1. The van der Waals surface area contributed by atoms with Gasteiger partial charge in [-0.3, -0.25) is 9.69 Å². The SMILES string of the molecule is COc1cccc([C@H]2CC(c3cccs3)=NN2C(=O)CN2CCCC2)c1O. The Balaban J connectivity index is 1.65. The van der Waals surface area contributed by atoms with E-state index in [9.17, 15) is 9.90 Å². The zero-order valence-corrected chi connectivity index (χ0v) is 16.1. The molecule has 0 radical (unpaired) electrons. The van der Waals surface area contributed by atoms with Crippen LogP contribution in [0.5, 0.6) is 11.5 Å². The number of ether oxygens (including phenoxy) is 1. The minimum Gasteiger partial charge on any atom is -0.504 e. The molecule has 142 valence electrons. The van der Waals surface area contributed by atoms with Gasteiger partial charge in [-0.1, -0.05) is 18.2 Å². The molecule has 0 aliphatic carbocycles. The molecule has 1 aromatic carbocycles. The van der Waals surface area contributed by atoms with Gasteiger partial charge in [-0.2, -0.15) is 5.10 Å². The Morgan fingerprint density at radius 2 is 2.11 bits per heavy atom. The van der Waals surface area contributed by atoms with Gasteiger partial charge in [-0.15, -0.1) is 11.3 Å². The number of nitrogens with zero attached hydrogens (tertiary/aromatic N) is 3. The van der Waals surface area contributed by atoms with Gasteiger partial charge in [0, 0.05) is 12.0 Å². The predicted molar refractivity (Wildman–Crippen MR) is 105 cm³/mol. The van der Waals surface area contributed by atoms with Crippen LogP contribution in [0.25, 0.3) is 0 Å². The minimum atomic E-state index is -0.327. The third kappa shape index (κ3) is 3.57. The van der Waals surface area contributed by atoms with Crippen molar-refractivity contribution in [1.82, 2.24) is 9.91 Å². The number of thiophene rings is 1. The van der Waals surface area contributed by atoms with Crippen LogP contribution >= 0.6 is 11.3 Å². The number of phenols is 1. The number of phenolic OH excluding ortho intramolecular Hbond substituents is 1. The number of hydrogen-bond acceptors (Lipinski definition) is 6. The number of para-hydroxylation sites is 1. The van der Waals surface area contributed by atoms with E-state index >= 15 is 0 Å². The lowest BCUT2D eigenvalue weighted by Crippen LogP contribution is -2.37. The maximum absolute atomic E-state index is 13.0. The van der Waals surface area contributed by atoms with Crippen LogP contribution in [0.4, 0.5) is 0 Å². The molecule has 1 fully saturated rings. The normalized spacial score (nSPS) is 20.1. The molecule has 27 heavy (non-hydrogen) atoms. The average Bonchev–Trinajstić information content (AvgIpc) is 3.42. The van der Waals surface area contributed by atoms with Gasteiger partial charge in [-0.05, 0) is 43.4 Å². The number of amides is 1. The zero-order valence-electron chi connectivity index (χ0n) is 15.3. The maximum atomic E-state index is 13.0. The van der Waals surface area contributed by atoms with Crippen LogP contribution in [0, 0.1) is 0 Å². The topological polar surface area (TPSA) is 65.4 Å². The Kier molecular flexibility index (Phi) is 5.13. The summed E-state index contributed by atoms with van der Waals surface area (Å²) in [6, 6.07) is 9.05. The number of hydrogen-bond donors (Lipinski definition) is 1. The summed E-state index contributed by atoms with van der Waals surface area (Å²) in [4.78, 5) is 16.3. The van der Waals surface area contributed by atoms with E-state index in [0.717, 1.165) is 36.5 Å². The molecule has 1 atom stereocenters. The van der Waals surface area contributed by atoms with Crippen LogP contribution in [-0.4, -0.2) is 53.4 Å². The molecule has 1 aromatic heterocycles. The Bertz CT molecular complexity index is 844. The number of hydrazone groups is 1. The van der Waals surface area contributed by atoms with E-state index in [4.69, 9.17) is 4.74 Å². The van der Waals surface area contributed by atoms with E-state index in [2.05, 4.69) is 10.0 Å². The van der Waals surface area contributed by atoms with E-state index in [1.54, 1.807) is 22.4 Å². The van der Waals surface area contributed by atoms with Gasteiger partial charge >= 0.3 is 0 Å². The molecule has 2 aliphatic heterocycles. The first-order chi connectivity index (χ1) is 13.2. The van der Waals surface area contributed by atoms with Crippen LogP contribution < -0.4 is 4.74 Å². The molecule has 0 bridgehead atoms. The predicted octanol–water partition coefficient (Wildman–Crippen LogP) is 3.24. The lowest BCUT2D eigenvalue weighted by atomic mass is 9.99. The number of aromatic hydroxyl groups is 1. The molecule has 3 heterocycles. The highest BCUT2D eigenvalue weighted by molar-refractivity contribution is 7.12. The van der Waals surface area contributed by atoms with Crippen LogP contribution in [0.15, 0.2) is 40.8 Å². The summed E-state index contributed by atoms with van der Waals surface area (Å²) in [6.07, 6.45) is 2.85. The van der Waals surface area contributed by atoms with Crippen molar-refractivity contribution in [1.29, 1.82) is 0 Å². The Labute approximate surface area is 162 Å². The number of rotatable bonds is 5. The van der Waals surface area contributed by atoms with Gasteiger partial charge in [0.05, 0.1) is 30.3 Å². The van der Waals surface area contributed by atoms with E-state index < -0.39 is 0 Å². The molecule has 2 aliphatic rings. The van der Waals surface area contributed by atoms with Gasteiger partial charge in [-0.25, -0.2) is 5.01 Å². The first-order valence-corrected chi connectivity index (χ1v) is 10.1. The van der Waals surface area contributed by atoms with Crippen molar-refractivity contribution in [2.75, 3.05) is 26.7 Å². The first kappa shape index (κ1) is 18.0. The van der Waals surface area contributed by atoms with Crippen molar-refractivity contribution in [3.05, 3.63) is 46.2 Å². The first-order valence-electron chi connectivity index (χ1n) is 9.19. The number of likely N-dealkylation sites (tertiary alicyclic amines) is 1. The smallest absolute Gasteiger partial charge is 0.257 e. The Morgan fingerprint density at radius 3 is 2.81 bits per heavy atom. The second-order valence-electron chi connectivity index (χ2n) is 6.86. The summed E-state index contributed by atoms with van der Waals surface area (Å²) >= 11 is 1.61. The largest absolute Gasteiger partial charge is 0.504 e. The Hall–Kier alpha value is -2.38. The van der Waals surface area contributed by atoms with Crippen molar-refractivity contribution in [2.45, 2.75) is 25.3 Å². The van der Waals surface area contributed by atoms with Crippen LogP contribution in [0.1, 0.15) is 35.7 Å². The average molecular weight is 385 g/mol. The number of benzene rings is 1. The number of carbonyl (C=O) groups is 1. The van der Waals surface area contributed by atoms with E-state index in [1.165, 1.54) is 7.11 Å². The fourth-order valence-electron chi connectivity index (χ4n) is 3.75. The second-order valence-corrected chi connectivity index (χ2v) is 7.81. The van der Waals surface area contributed by atoms with Crippen LogP contribution in [-0.2, 0) is 4.79 Å². The summed E-state index contributed by atoms with van der Waals surface area (Å²) in [6.45, 7) is 2.27. The molecular weight excluding hydrogens is 362 g/mol.